The number of carbonyl (C=O) groups excluding carboxylic acids is 3. The summed E-state index contributed by atoms with van der Waals surface area (Å²) in [7, 11) is 0. The molecule has 4 atom stereocenters. The lowest BCUT2D eigenvalue weighted by molar-refractivity contribution is -0.144. The second kappa shape index (κ2) is 15.1. The van der Waals surface area contributed by atoms with Gasteiger partial charge in [-0.15, -0.1) is 0 Å². The molecule has 0 bridgehead atoms. The van der Waals surface area contributed by atoms with E-state index in [1.807, 2.05) is 0 Å². The Morgan fingerprint density at radius 2 is 1.45 bits per heavy atom. The van der Waals surface area contributed by atoms with Gasteiger partial charge in [-0.25, -0.2) is 4.79 Å². The number of carboxylic acids is 2. The minimum atomic E-state index is -1.29. The van der Waals surface area contributed by atoms with Crippen LogP contribution >= 0.6 is 0 Å². The summed E-state index contributed by atoms with van der Waals surface area (Å²) in [6.45, 7) is 3.48. The topological polar surface area (TPSA) is 214 Å². The molecular weight excluding hydrogens is 410 g/mol. The minimum Gasteiger partial charge on any atom is -0.481 e. The molecule has 0 rings (SSSR count). The Labute approximate surface area is 181 Å². The first kappa shape index (κ1) is 28.3. The maximum atomic E-state index is 12.7. The van der Waals surface area contributed by atoms with Crippen LogP contribution in [0, 0.1) is 5.92 Å². The van der Waals surface area contributed by atoms with E-state index in [1.54, 1.807) is 13.8 Å². The van der Waals surface area contributed by atoms with Crippen LogP contribution in [0.5, 0.6) is 0 Å². The fraction of sp³-hybridized carbons (Fsp3) is 0.737. The normalized spacial score (nSPS) is 14.6. The van der Waals surface area contributed by atoms with Gasteiger partial charge in [-0.3, -0.25) is 19.2 Å². The molecule has 0 spiro atoms. The van der Waals surface area contributed by atoms with E-state index in [2.05, 4.69) is 16.0 Å². The molecule has 0 aliphatic rings. The highest BCUT2D eigenvalue weighted by atomic mass is 16.4. The number of nitrogens with one attached hydrogen (secondary N) is 3. The van der Waals surface area contributed by atoms with Crippen LogP contribution in [0.1, 0.15) is 52.4 Å². The summed E-state index contributed by atoms with van der Waals surface area (Å²) in [4.78, 5) is 59.5. The van der Waals surface area contributed by atoms with Crippen LogP contribution in [0.2, 0.25) is 0 Å². The quantitative estimate of drug-likeness (QED) is 0.138. The number of carboxylic acid groups (broad SMARTS) is 2. The van der Waals surface area contributed by atoms with E-state index in [0.29, 0.717) is 25.8 Å². The molecule has 0 aliphatic heterocycles. The van der Waals surface area contributed by atoms with E-state index in [1.165, 1.54) is 0 Å². The maximum absolute atomic E-state index is 12.7. The van der Waals surface area contributed by atoms with E-state index in [9.17, 15) is 29.1 Å². The number of rotatable bonds is 16. The highest BCUT2D eigenvalue weighted by Crippen LogP contribution is 2.10. The van der Waals surface area contributed by atoms with Crippen LogP contribution in [0.3, 0.4) is 0 Å². The molecule has 0 saturated heterocycles. The Morgan fingerprint density at radius 3 is 1.94 bits per heavy atom. The fourth-order valence-corrected chi connectivity index (χ4v) is 2.76. The van der Waals surface area contributed by atoms with Gasteiger partial charge in [0.15, 0.2) is 0 Å². The average Bonchev–Trinajstić information content (AvgIpc) is 2.72. The fourth-order valence-electron chi connectivity index (χ4n) is 2.76. The predicted octanol–water partition coefficient (Wildman–Crippen LogP) is -1.48. The van der Waals surface area contributed by atoms with E-state index in [-0.39, 0.29) is 25.3 Å². The third-order valence-corrected chi connectivity index (χ3v) is 4.84. The number of unbranched alkanes of at least 4 members (excludes halogenated alkanes) is 1. The van der Waals surface area contributed by atoms with Gasteiger partial charge in [-0.2, -0.15) is 0 Å². The molecule has 12 heteroatoms. The number of carbonyl (C=O) groups is 5. The van der Waals surface area contributed by atoms with Gasteiger partial charge < -0.3 is 37.6 Å². The Kier molecular flexibility index (Phi) is 13.8. The monoisotopic (exact) mass is 445 g/mol. The average molecular weight is 446 g/mol. The molecule has 0 saturated carbocycles. The van der Waals surface area contributed by atoms with Gasteiger partial charge >= 0.3 is 11.9 Å². The predicted molar refractivity (Wildman–Crippen MR) is 112 cm³/mol. The zero-order valence-electron chi connectivity index (χ0n) is 18.1. The first-order valence-corrected chi connectivity index (χ1v) is 10.3. The Bertz CT molecular complexity index is 629. The van der Waals surface area contributed by atoms with Crippen molar-refractivity contribution < 1.29 is 34.2 Å². The third kappa shape index (κ3) is 11.3. The molecule has 9 N–H and O–H groups in total. The first-order chi connectivity index (χ1) is 14.6. The van der Waals surface area contributed by atoms with Crippen molar-refractivity contribution in [3.63, 3.8) is 0 Å². The van der Waals surface area contributed by atoms with Gasteiger partial charge in [0.1, 0.15) is 18.1 Å². The van der Waals surface area contributed by atoms with Crippen LogP contribution in [-0.2, 0) is 24.0 Å². The Hall–Kier alpha value is -2.73. The number of hydrogen-bond acceptors (Lipinski definition) is 7. The molecule has 0 aromatic carbocycles. The summed E-state index contributed by atoms with van der Waals surface area (Å²) >= 11 is 0. The van der Waals surface area contributed by atoms with Crippen molar-refractivity contribution >= 4 is 29.7 Å². The molecule has 3 amide bonds. The van der Waals surface area contributed by atoms with Crippen LogP contribution < -0.4 is 27.4 Å². The molecule has 0 fully saturated rings. The Balaban J connectivity index is 5.44. The molecule has 0 heterocycles. The van der Waals surface area contributed by atoms with Gasteiger partial charge in [0.2, 0.25) is 17.7 Å². The lowest BCUT2D eigenvalue weighted by Gasteiger charge is -2.26. The molecule has 0 aromatic rings. The second-order valence-corrected chi connectivity index (χ2v) is 7.31. The van der Waals surface area contributed by atoms with Crippen molar-refractivity contribution in [2.75, 3.05) is 13.1 Å². The molecule has 31 heavy (non-hydrogen) atoms. The van der Waals surface area contributed by atoms with Crippen LogP contribution in [0.15, 0.2) is 0 Å². The minimum absolute atomic E-state index is 0.243. The van der Waals surface area contributed by atoms with Crippen LogP contribution in [0.4, 0.5) is 0 Å². The van der Waals surface area contributed by atoms with Crippen molar-refractivity contribution in [2.45, 2.75) is 70.5 Å². The zero-order chi connectivity index (χ0) is 24.0. The maximum Gasteiger partial charge on any atom is 0.326 e. The molecule has 178 valence electrons. The summed E-state index contributed by atoms with van der Waals surface area (Å²) in [6.07, 6.45) is 1.19. The third-order valence-electron chi connectivity index (χ3n) is 4.84. The van der Waals surface area contributed by atoms with Crippen LogP contribution in [-0.4, -0.2) is 71.1 Å². The smallest absolute Gasteiger partial charge is 0.326 e. The number of aliphatic carboxylic acids is 2. The lowest BCUT2D eigenvalue weighted by atomic mass is 9.98. The molecule has 0 aromatic heterocycles. The number of hydrogen-bond donors (Lipinski definition) is 7. The first-order valence-electron chi connectivity index (χ1n) is 10.3. The number of nitrogens with two attached hydrogens (primary N) is 2. The highest BCUT2D eigenvalue weighted by molar-refractivity contribution is 5.93. The van der Waals surface area contributed by atoms with Crippen molar-refractivity contribution in [1.82, 2.24) is 16.0 Å². The van der Waals surface area contributed by atoms with Crippen LogP contribution in [0.25, 0.3) is 0 Å². The standard InChI is InChI=1S/C19H35N5O7/c1-3-11(2)16(19(30)31)24-18(29)13(7-8-15(26)27)23-17(28)12(6-4-5-9-20)22-14(25)10-21/h11-13,16H,3-10,20-21H2,1-2H3,(H,22,25)(H,23,28)(H,24,29)(H,26,27)(H,30,31). The van der Waals surface area contributed by atoms with E-state index >= 15 is 0 Å². The number of amides is 3. The second-order valence-electron chi connectivity index (χ2n) is 7.31. The molecule has 0 radical (unpaired) electrons. The van der Waals surface area contributed by atoms with Crippen molar-refractivity contribution in [3.8, 4) is 0 Å². The van der Waals surface area contributed by atoms with E-state index < -0.39 is 54.2 Å². The van der Waals surface area contributed by atoms with E-state index in [0.717, 1.165) is 0 Å². The summed E-state index contributed by atoms with van der Waals surface area (Å²) in [5.41, 5.74) is 10.7. The Morgan fingerprint density at radius 1 is 0.871 bits per heavy atom. The highest BCUT2D eigenvalue weighted by Gasteiger charge is 2.31. The zero-order valence-corrected chi connectivity index (χ0v) is 18.1. The largest absolute Gasteiger partial charge is 0.481 e. The van der Waals surface area contributed by atoms with Gasteiger partial charge in [-0.1, -0.05) is 20.3 Å². The van der Waals surface area contributed by atoms with Crippen molar-refractivity contribution in [2.24, 2.45) is 17.4 Å². The van der Waals surface area contributed by atoms with E-state index in [4.69, 9.17) is 16.6 Å². The van der Waals surface area contributed by atoms with Crippen molar-refractivity contribution in [3.05, 3.63) is 0 Å². The molecule has 0 aliphatic carbocycles. The molecular formula is C19H35N5O7. The summed E-state index contributed by atoms with van der Waals surface area (Å²) in [5.74, 6) is -4.87. The molecule has 12 nitrogen and oxygen atoms in total. The summed E-state index contributed by atoms with van der Waals surface area (Å²) < 4.78 is 0. The van der Waals surface area contributed by atoms with Crippen molar-refractivity contribution in [1.29, 1.82) is 0 Å². The SMILES string of the molecule is CCC(C)C(NC(=O)C(CCC(=O)O)NC(=O)C(CCCCN)NC(=O)CN)C(=O)O. The van der Waals surface area contributed by atoms with Gasteiger partial charge in [0.05, 0.1) is 6.54 Å². The van der Waals surface area contributed by atoms with Gasteiger partial charge in [0, 0.05) is 6.42 Å². The molecule has 4 unspecified atom stereocenters. The lowest BCUT2D eigenvalue weighted by Crippen LogP contribution is -2.57. The van der Waals surface area contributed by atoms with Gasteiger partial charge in [-0.05, 0) is 38.1 Å². The summed E-state index contributed by atoms with van der Waals surface area (Å²) in [6, 6.07) is -3.48. The van der Waals surface area contributed by atoms with Gasteiger partial charge in [0.25, 0.3) is 0 Å². The summed E-state index contributed by atoms with van der Waals surface area (Å²) in [5, 5.41) is 25.6.